The van der Waals surface area contributed by atoms with E-state index in [1.165, 1.54) is 5.56 Å². The van der Waals surface area contributed by atoms with Crippen LogP contribution in [0.2, 0.25) is 0 Å². The number of fused-ring (bicyclic) bond motifs is 1. The summed E-state index contributed by atoms with van der Waals surface area (Å²) in [4.78, 5) is 12.2. The number of benzene rings is 1. The number of ether oxygens (including phenoxy) is 1. The van der Waals surface area contributed by atoms with Crippen LogP contribution in [0.15, 0.2) is 30.4 Å². The Morgan fingerprint density at radius 3 is 2.94 bits per heavy atom. The quantitative estimate of drug-likeness (QED) is 0.742. The molecule has 0 saturated carbocycles. The van der Waals surface area contributed by atoms with E-state index >= 15 is 0 Å². The highest BCUT2D eigenvalue weighted by Gasteiger charge is 2.30. The second kappa shape index (κ2) is 4.74. The van der Waals surface area contributed by atoms with E-state index in [-0.39, 0.29) is 11.7 Å². The Kier molecular flexibility index (Phi) is 3.32. The van der Waals surface area contributed by atoms with Crippen LogP contribution in [0.3, 0.4) is 0 Å². The molecule has 0 fully saturated rings. The summed E-state index contributed by atoms with van der Waals surface area (Å²) < 4.78 is 5.34. The molecule has 0 amide bonds. The van der Waals surface area contributed by atoms with E-state index < -0.39 is 0 Å². The molecule has 0 saturated heterocycles. The molecule has 1 unspecified atom stereocenters. The summed E-state index contributed by atoms with van der Waals surface area (Å²) in [5, 5.41) is 0. The van der Waals surface area contributed by atoms with Gasteiger partial charge in [-0.15, -0.1) is 0 Å². The first kappa shape index (κ1) is 11.9. The molecule has 1 aliphatic rings. The third-order valence-electron chi connectivity index (χ3n) is 3.54. The van der Waals surface area contributed by atoms with Gasteiger partial charge in [0.25, 0.3) is 0 Å². The van der Waals surface area contributed by atoms with Crippen LogP contribution in [0, 0.1) is 0 Å². The molecule has 17 heavy (non-hydrogen) atoms. The van der Waals surface area contributed by atoms with Gasteiger partial charge in [0.15, 0.2) is 5.78 Å². The van der Waals surface area contributed by atoms with Crippen molar-refractivity contribution in [3.05, 3.63) is 41.5 Å². The highest BCUT2D eigenvalue weighted by molar-refractivity contribution is 6.00. The van der Waals surface area contributed by atoms with Crippen molar-refractivity contribution in [2.45, 2.75) is 32.1 Å². The maximum absolute atomic E-state index is 12.2. The second-order valence-electron chi connectivity index (χ2n) is 4.44. The molecule has 0 aliphatic heterocycles. The summed E-state index contributed by atoms with van der Waals surface area (Å²) >= 11 is 0. The van der Waals surface area contributed by atoms with Crippen LogP contribution >= 0.6 is 0 Å². The van der Waals surface area contributed by atoms with E-state index in [1.54, 1.807) is 7.11 Å². The van der Waals surface area contributed by atoms with Gasteiger partial charge in [-0.25, -0.2) is 0 Å². The number of carbonyl (C=O) groups excluding carboxylic acids is 1. The molecule has 0 N–H and O–H groups in total. The van der Waals surface area contributed by atoms with Crippen molar-refractivity contribution in [1.29, 1.82) is 0 Å². The number of Topliss-reactive ketones (excluding diaryl/α,β-unsaturated/α-hetero) is 1. The van der Waals surface area contributed by atoms with Gasteiger partial charge in [-0.2, -0.15) is 0 Å². The van der Waals surface area contributed by atoms with Gasteiger partial charge in [0.1, 0.15) is 5.75 Å². The first-order chi connectivity index (χ1) is 8.19. The standard InChI is InChI=1S/C15H18O2/c1-4-10(2)15(16)13-9-8-12-11(13)6-5-7-14(12)17-3/h5-7,13H,2,4,8-9H2,1,3H3. The number of hydrogen-bond acceptors (Lipinski definition) is 2. The van der Waals surface area contributed by atoms with Gasteiger partial charge in [0, 0.05) is 5.92 Å². The summed E-state index contributed by atoms with van der Waals surface area (Å²) in [6.45, 7) is 5.83. The fraction of sp³-hybridized carbons (Fsp3) is 0.400. The molecule has 0 radical (unpaired) electrons. The molecular weight excluding hydrogens is 212 g/mol. The number of methoxy groups -OCH3 is 1. The van der Waals surface area contributed by atoms with E-state index in [1.807, 2.05) is 25.1 Å². The second-order valence-corrected chi connectivity index (χ2v) is 4.44. The average molecular weight is 230 g/mol. The van der Waals surface area contributed by atoms with Gasteiger partial charge in [-0.3, -0.25) is 4.79 Å². The zero-order valence-electron chi connectivity index (χ0n) is 10.5. The number of allylic oxidation sites excluding steroid dienone is 1. The van der Waals surface area contributed by atoms with Crippen molar-refractivity contribution in [3.63, 3.8) is 0 Å². The lowest BCUT2D eigenvalue weighted by Crippen LogP contribution is -2.11. The van der Waals surface area contributed by atoms with Gasteiger partial charge in [-0.05, 0) is 42.0 Å². The van der Waals surface area contributed by atoms with Crippen LogP contribution in [-0.2, 0) is 11.2 Å². The van der Waals surface area contributed by atoms with Crippen LogP contribution < -0.4 is 4.74 Å². The Labute approximate surface area is 102 Å². The van der Waals surface area contributed by atoms with Crippen LogP contribution in [0.5, 0.6) is 5.75 Å². The molecule has 0 bridgehead atoms. The Morgan fingerprint density at radius 1 is 1.53 bits per heavy atom. The lowest BCUT2D eigenvalue weighted by molar-refractivity contribution is -0.117. The molecule has 2 nitrogen and oxygen atoms in total. The largest absolute Gasteiger partial charge is 0.496 e. The number of rotatable bonds is 4. The van der Waals surface area contributed by atoms with E-state index in [4.69, 9.17) is 4.74 Å². The smallest absolute Gasteiger partial charge is 0.165 e. The molecule has 0 aromatic heterocycles. The minimum Gasteiger partial charge on any atom is -0.496 e. The van der Waals surface area contributed by atoms with E-state index in [0.717, 1.165) is 36.1 Å². The van der Waals surface area contributed by atoms with Crippen molar-refractivity contribution in [1.82, 2.24) is 0 Å². The van der Waals surface area contributed by atoms with Gasteiger partial charge in [0.05, 0.1) is 7.11 Å². The van der Waals surface area contributed by atoms with Crippen LogP contribution in [-0.4, -0.2) is 12.9 Å². The molecule has 0 heterocycles. The Morgan fingerprint density at radius 2 is 2.29 bits per heavy atom. The van der Waals surface area contributed by atoms with Crippen LogP contribution in [0.4, 0.5) is 0 Å². The van der Waals surface area contributed by atoms with Crippen molar-refractivity contribution in [2.24, 2.45) is 0 Å². The molecular formula is C15H18O2. The van der Waals surface area contributed by atoms with Crippen molar-refractivity contribution >= 4 is 5.78 Å². The minimum atomic E-state index is -0.00690. The van der Waals surface area contributed by atoms with Gasteiger partial charge < -0.3 is 4.74 Å². The normalized spacial score (nSPS) is 17.6. The topological polar surface area (TPSA) is 26.3 Å². The molecule has 1 aliphatic carbocycles. The SMILES string of the molecule is C=C(CC)C(=O)C1CCc2c(OC)cccc21. The zero-order valence-corrected chi connectivity index (χ0v) is 10.5. The lowest BCUT2D eigenvalue weighted by atomic mass is 9.91. The molecule has 2 rings (SSSR count). The Bertz CT molecular complexity index is 460. The van der Waals surface area contributed by atoms with E-state index in [2.05, 4.69) is 6.58 Å². The summed E-state index contributed by atoms with van der Waals surface area (Å²) in [5.74, 6) is 1.09. The van der Waals surface area contributed by atoms with Gasteiger partial charge >= 0.3 is 0 Å². The fourth-order valence-corrected chi connectivity index (χ4v) is 2.51. The Balaban J connectivity index is 2.34. The highest BCUT2D eigenvalue weighted by Crippen LogP contribution is 2.39. The Hall–Kier alpha value is -1.57. The highest BCUT2D eigenvalue weighted by atomic mass is 16.5. The first-order valence-corrected chi connectivity index (χ1v) is 6.06. The summed E-state index contributed by atoms with van der Waals surface area (Å²) in [6.07, 6.45) is 2.54. The van der Waals surface area contributed by atoms with Gasteiger partial charge in [0.2, 0.25) is 0 Å². The first-order valence-electron chi connectivity index (χ1n) is 6.06. The lowest BCUT2D eigenvalue weighted by Gasteiger charge is -2.12. The maximum atomic E-state index is 12.2. The summed E-state index contributed by atoms with van der Waals surface area (Å²) in [6, 6.07) is 5.95. The van der Waals surface area contributed by atoms with E-state index in [0.29, 0.717) is 0 Å². The molecule has 90 valence electrons. The minimum absolute atomic E-state index is 0.00690. The fourth-order valence-electron chi connectivity index (χ4n) is 2.51. The predicted octanol–water partition coefficient (Wildman–Crippen LogP) is 3.26. The van der Waals surface area contributed by atoms with Crippen molar-refractivity contribution < 1.29 is 9.53 Å². The molecule has 1 aromatic rings. The zero-order chi connectivity index (χ0) is 12.4. The summed E-state index contributed by atoms with van der Waals surface area (Å²) in [7, 11) is 1.68. The average Bonchev–Trinajstić information content (AvgIpc) is 2.80. The molecule has 2 heteroatoms. The maximum Gasteiger partial charge on any atom is 0.165 e. The third kappa shape index (κ3) is 1.99. The monoisotopic (exact) mass is 230 g/mol. The van der Waals surface area contributed by atoms with E-state index in [9.17, 15) is 4.79 Å². The molecule has 1 aromatic carbocycles. The van der Waals surface area contributed by atoms with Crippen LogP contribution in [0.25, 0.3) is 0 Å². The third-order valence-corrected chi connectivity index (χ3v) is 3.54. The molecule has 1 atom stereocenters. The number of ketones is 1. The number of hydrogen-bond donors (Lipinski definition) is 0. The summed E-state index contributed by atoms with van der Waals surface area (Å²) in [5.41, 5.74) is 3.05. The van der Waals surface area contributed by atoms with Crippen molar-refractivity contribution in [2.75, 3.05) is 7.11 Å². The number of carbonyl (C=O) groups is 1. The van der Waals surface area contributed by atoms with Crippen molar-refractivity contribution in [3.8, 4) is 5.75 Å². The predicted molar refractivity (Wildman–Crippen MR) is 68.5 cm³/mol. The van der Waals surface area contributed by atoms with Gasteiger partial charge in [-0.1, -0.05) is 25.6 Å². The molecule has 0 spiro atoms. The van der Waals surface area contributed by atoms with Crippen LogP contribution in [0.1, 0.15) is 36.8 Å².